The minimum Gasteiger partial charge on any atom is -0.312 e. The molecule has 0 bridgehead atoms. The zero-order valence-corrected chi connectivity index (χ0v) is 11.2. The van der Waals surface area contributed by atoms with Gasteiger partial charge in [-0.1, -0.05) is 40.5 Å². The van der Waals surface area contributed by atoms with Gasteiger partial charge in [0.05, 0.1) is 12.0 Å². The zero-order valence-electron chi connectivity index (χ0n) is 11.2. The largest absolute Gasteiger partial charge is 0.312 e. The summed E-state index contributed by atoms with van der Waals surface area (Å²) >= 11 is 0. The standard InChI is InChI=1S/C14H26N2/c1-11(14(2,3)4)10-16-13-8-6-5-7-12(13)9-15/h11-13,16H,5-8,10H2,1-4H3. The summed E-state index contributed by atoms with van der Waals surface area (Å²) in [5.74, 6) is 0.884. The Morgan fingerprint density at radius 3 is 2.50 bits per heavy atom. The highest BCUT2D eigenvalue weighted by Gasteiger charge is 2.26. The first-order valence-corrected chi connectivity index (χ1v) is 6.58. The van der Waals surface area contributed by atoms with Crippen molar-refractivity contribution in [2.24, 2.45) is 17.3 Å². The molecule has 0 amide bonds. The fraction of sp³-hybridized carbons (Fsp3) is 0.929. The first kappa shape index (κ1) is 13.5. The van der Waals surface area contributed by atoms with Crippen molar-refractivity contribution in [1.82, 2.24) is 5.32 Å². The van der Waals surface area contributed by atoms with Crippen molar-refractivity contribution in [1.29, 1.82) is 5.26 Å². The second-order valence-electron chi connectivity index (χ2n) is 6.30. The van der Waals surface area contributed by atoms with E-state index in [0.717, 1.165) is 13.0 Å². The summed E-state index contributed by atoms with van der Waals surface area (Å²) in [6.07, 6.45) is 4.76. The molecule has 0 aromatic carbocycles. The van der Waals surface area contributed by atoms with Crippen LogP contribution >= 0.6 is 0 Å². The second-order valence-corrected chi connectivity index (χ2v) is 6.30. The van der Waals surface area contributed by atoms with Gasteiger partial charge in [0.15, 0.2) is 0 Å². The maximum atomic E-state index is 9.10. The summed E-state index contributed by atoms with van der Waals surface area (Å²) in [7, 11) is 0. The number of nitrogens with zero attached hydrogens (tertiary/aromatic N) is 1. The molecule has 1 rings (SSSR count). The molecule has 2 heteroatoms. The van der Waals surface area contributed by atoms with Crippen LogP contribution in [0.25, 0.3) is 0 Å². The van der Waals surface area contributed by atoms with E-state index in [0.29, 0.717) is 17.4 Å². The van der Waals surface area contributed by atoms with Crippen molar-refractivity contribution in [2.45, 2.75) is 59.4 Å². The van der Waals surface area contributed by atoms with E-state index in [-0.39, 0.29) is 5.92 Å². The number of hydrogen-bond donors (Lipinski definition) is 1. The van der Waals surface area contributed by atoms with E-state index in [1.807, 2.05) is 0 Å². The summed E-state index contributed by atoms with van der Waals surface area (Å²) in [4.78, 5) is 0. The van der Waals surface area contributed by atoms with Crippen LogP contribution in [0.1, 0.15) is 53.4 Å². The van der Waals surface area contributed by atoms with Crippen molar-refractivity contribution in [3.63, 3.8) is 0 Å². The van der Waals surface area contributed by atoms with Crippen molar-refractivity contribution in [2.75, 3.05) is 6.54 Å². The highest BCUT2D eigenvalue weighted by Crippen LogP contribution is 2.27. The Morgan fingerprint density at radius 2 is 1.94 bits per heavy atom. The quantitative estimate of drug-likeness (QED) is 0.795. The molecular formula is C14H26N2. The van der Waals surface area contributed by atoms with Crippen LogP contribution in [-0.2, 0) is 0 Å². The molecular weight excluding hydrogens is 196 g/mol. The van der Waals surface area contributed by atoms with E-state index in [4.69, 9.17) is 5.26 Å². The fourth-order valence-corrected chi connectivity index (χ4v) is 2.16. The topological polar surface area (TPSA) is 35.8 Å². The zero-order chi connectivity index (χ0) is 12.2. The summed E-state index contributed by atoms with van der Waals surface area (Å²) in [6.45, 7) is 10.2. The molecule has 0 saturated heterocycles. The number of hydrogen-bond acceptors (Lipinski definition) is 2. The Balaban J connectivity index is 2.39. The van der Waals surface area contributed by atoms with Crippen LogP contribution in [0.4, 0.5) is 0 Å². The molecule has 2 nitrogen and oxygen atoms in total. The molecule has 1 fully saturated rings. The third-order valence-electron chi connectivity index (χ3n) is 4.10. The number of rotatable bonds is 3. The van der Waals surface area contributed by atoms with Gasteiger partial charge in [-0.15, -0.1) is 0 Å². The molecule has 16 heavy (non-hydrogen) atoms. The highest BCUT2D eigenvalue weighted by atomic mass is 14.9. The Labute approximate surface area is 100 Å². The predicted octanol–water partition coefficient (Wildman–Crippen LogP) is 3.34. The molecule has 0 radical (unpaired) electrons. The normalized spacial score (nSPS) is 28.4. The summed E-state index contributed by atoms with van der Waals surface area (Å²) in [6, 6.07) is 2.89. The SMILES string of the molecule is CC(CNC1CCCCC1C#N)C(C)(C)C. The molecule has 0 spiro atoms. The average molecular weight is 222 g/mol. The van der Waals surface area contributed by atoms with Crippen LogP contribution in [0.5, 0.6) is 0 Å². The van der Waals surface area contributed by atoms with Gasteiger partial charge in [0.25, 0.3) is 0 Å². The summed E-state index contributed by atoms with van der Waals surface area (Å²) in [5, 5.41) is 12.7. The molecule has 0 aromatic rings. The molecule has 1 N–H and O–H groups in total. The van der Waals surface area contributed by atoms with E-state index in [2.05, 4.69) is 39.1 Å². The van der Waals surface area contributed by atoms with Gasteiger partial charge in [-0.2, -0.15) is 5.26 Å². The van der Waals surface area contributed by atoms with Crippen molar-refractivity contribution >= 4 is 0 Å². The van der Waals surface area contributed by atoms with Gasteiger partial charge in [-0.05, 0) is 30.7 Å². The lowest BCUT2D eigenvalue weighted by Gasteiger charge is -2.32. The lowest BCUT2D eigenvalue weighted by Crippen LogP contribution is -2.42. The summed E-state index contributed by atoms with van der Waals surface area (Å²) < 4.78 is 0. The van der Waals surface area contributed by atoms with Crippen LogP contribution in [0.15, 0.2) is 0 Å². The molecule has 0 aromatic heterocycles. The van der Waals surface area contributed by atoms with Gasteiger partial charge >= 0.3 is 0 Å². The third kappa shape index (κ3) is 3.79. The maximum absolute atomic E-state index is 9.10. The van der Waals surface area contributed by atoms with Crippen molar-refractivity contribution in [3.8, 4) is 6.07 Å². The molecule has 1 aliphatic rings. The summed E-state index contributed by atoms with van der Waals surface area (Å²) in [5.41, 5.74) is 0.351. The second kappa shape index (κ2) is 5.68. The Morgan fingerprint density at radius 1 is 1.31 bits per heavy atom. The van der Waals surface area contributed by atoms with Crippen molar-refractivity contribution < 1.29 is 0 Å². The number of nitriles is 1. The highest BCUT2D eigenvalue weighted by molar-refractivity contribution is 4.94. The molecule has 1 saturated carbocycles. The van der Waals surface area contributed by atoms with Crippen LogP contribution in [-0.4, -0.2) is 12.6 Å². The van der Waals surface area contributed by atoms with E-state index >= 15 is 0 Å². The van der Waals surface area contributed by atoms with E-state index < -0.39 is 0 Å². The molecule has 0 heterocycles. The van der Waals surface area contributed by atoms with Crippen LogP contribution in [0.2, 0.25) is 0 Å². The van der Waals surface area contributed by atoms with Crippen molar-refractivity contribution in [3.05, 3.63) is 0 Å². The Kier molecular flexibility index (Phi) is 4.80. The van der Waals surface area contributed by atoms with Gasteiger partial charge in [0.2, 0.25) is 0 Å². The van der Waals surface area contributed by atoms with Crippen LogP contribution in [0.3, 0.4) is 0 Å². The maximum Gasteiger partial charge on any atom is 0.0672 e. The monoisotopic (exact) mass is 222 g/mol. The minimum atomic E-state index is 0.237. The lowest BCUT2D eigenvalue weighted by atomic mass is 9.81. The predicted molar refractivity (Wildman–Crippen MR) is 68.0 cm³/mol. The first-order valence-electron chi connectivity index (χ1n) is 6.58. The van der Waals surface area contributed by atoms with Gasteiger partial charge in [0.1, 0.15) is 0 Å². The lowest BCUT2D eigenvalue weighted by molar-refractivity contribution is 0.224. The van der Waals surface area contributed by atoms with Gasteiger partial charge < -0.3 is 5.32 Å². The van der Waals surface area contributed by atoms with Gasteiger partial charge in [-0.25, -0.2) is 0 Å². The number of nitrogens with one attached hydrogen (secondary N) is 1. The molecule has 92 valence electrons. The molecule has 3 unspecified atom stereocenters. The van der Waals surface area contributed by atoms with E-state index in [1.165, 1.54) is 19.3 Å². The average Bonchev–Trinajstić information content (AvgIpc) is 2.24. The van der Waals surface area contributed by atoms with Gasteiger partial charge in [-0.3, -0.25) is 0 Å². The van der Waals surface area contributed by atoms with Crippen LogP contribution < -0.4 is 5.32 Å². The molecule has 3 atom stereocenters. The minimum absolute atomic E-state index is 0.237. The molecule has 0 aliphatic heterocycles. The Bertz CT molecular complexity index is 246. The van der Waals surface area contributed by atoms with Gasteiger partial charge in [0, 0.05) is 6.04 Å². The van der Waals surface area contributed by atoms with Crippen LogP contribution in [0, 0.1) is 28.6 Å². The fourth-order valence-electron chi connectivity index (χ4n) is 2.16. The van der Waals surface area contributed by atoms with E-state index in [1.54, 1.807) is 0 Å². The molecule has 1 aliphatic carbocycles. The van der Waals surface area contributed by atoms with E-state index in [9.17, 15) is 0 Å². The third-order valence-corrected chi connectivity index (χ3v) is 4.10. The first-order chi connectivity index (χ1) is 7.45. The smallest absolute Gasteiger partial charge is 0.0672 e. The Hall–Kier alpha value is -0.550.